The number of phenolic OH excluding ortho intramolecular Hbond substituents is 1. The zero-order valence-electron chi connectivity index (χ0n) is 7.90. The highest BCUT2D eigenvalue weighted by molar-refractivity contribution is 5.87. The fourth-order valence-corrected chi connectivity index (χ4v) is 1.66. The van der Waals surface area contributed by atoms with Crippen molar-refractivity contribution in [3.05, 3.63) is 54.6 Å². The van der Waals surface area contributed by atoms with E-state index in [4.69, 9.17) is 0 Å². The molecule has 0 aliphatic heterocycles. The van der Waals surface area contributed by atoms with Crippen molar-refractivity contribution in [2.24, 2.45) is 0 Å². The predicted octanol–water partition coefficient (Wildman–Crippen LogP) is 3.27. The Hall–Kier alpha value is -1.76. The van der Waals surface area contributed by atoms with Crippen LogP contribution in [-0.2, 0) is 6.42 Å². The molecular weight excluding hydrogens is 172 g/mol. The van der Waals surface area contributed by atoms with E-state index in [-0.39, 0.29) is 0 Å². The maximum Gasteiger partial charge on any atom is 0.116 e. The highest BCUT2D eigenvalue weighted by Gasteiger charge is 1.99. The Morgan fingerprint density at radius 3 is 2.86 bits per heavy atom. The van der Waals surface area contributed by atoms with Crippen molar-refractivity contribution >= 4 is 10.8 Å². The minimum atomic E-state index is 0.314. The van der Waals surface area contributed by atoms with Crippen LogP contribution in [0.4, 0.5) is 0 Å². The molecule has 0 fully saturated rings. The number of benzene rings is 2. The van der Waals surface area contributed by atoms with Gasteiger partial charge in [0.15, 0.2) is 0 Å². The molecule has 2 aromatic carbocycles. The van der Waals surface area contributed by atoms with E-state index in [1.54, 1.807) is 12.1 Å². The van der Waals surface area contributed by atoms with Crippen LogP contribution in [0.2, 0.25) is 0 Å². The molecule has 0 aliphatic carbocycles. The van der Waals surface area contributed by atoms with Crippen molar-refractivity contribution in [2.75, 3.05) is 0 Å². The van der Waals surface area contributed by atoms with Crippen LogP contribution in [0.1, 0.15) is 5.56 Å². The van der Waals surface area contributed by atoms with Crippen molar-refractivity contribution in [3.63, 3.8) is 0 Å². The molecule has 2 rings (SSSR count). The molecule has 1 nitrogen and oxygen atoms in total. The number of hydrogen-bond acceptors (Lipinski definition) is 1. The van der Waals surface area contributed by atoms with Crippen molar-refractivity contribution < 1.29 is 5.11 Å². The first-order chi connectivity index (χ1) is 6.81. The largest absolute Gasteiger partial charge is 0.508 e. The van der Waals surface area contributed by atoms with E-state index in [0.29, 0.717) is 5.75 Å². The molecule has 0 heterocycles. The lowest BCUT2D eigenvalue weighted by Gasteiger charge is -2.04. The predicted molar refractivity (Wildman–Crippen MR) is 59.5 cm³/mol. The zero-order chi connectivity index (χ0) is 9.97. The smallest absolute Gasteiger partial charge is 0.116 e. The summed E-state index contributed by atoms with van der Waals surface area (Å²) in [5, 5.41) is 11.7. The fraction of sp³-hybridized carbons (Fsp3) is 0.0769. The van der Waals surface area contributed by atoms with E-state index in [1.807, 2.05) is 24.3 Å². The number of rotatable bonds is 2. The second kappa shape index (κ2) is 3.54. The Labute approximate surface area is 83.3 Å². The number of allylic oxidation sites excluding steroid dienone is 1. The van der Waals surface area contributed by atoms with Gasteiger partial charge in [-0.3, -0.25) is 0 Å². The first kappa shape index (κ1) is 8.82. The third kappa shape index (κ3) is 1.49. The van der Waals surface area contributed by atoms with E-state index in [0.717, 1.165) is 17.2 Å². The molecule has 0 unspecified atom stereocenters. The van der Waals surface area contributed by atoms with Gasteiger partial charge in [0.25, 0.3) is 0 Å². The maximum atomic E-state index is 9.40. The summed E-state index contributed by atoms with van der Waals surface area (Å²) in [6, 6.07) is 11.6. The molecule has 0 saturated heterocycles. The van der Waals surface area contributed by atoms with Crippen LogP contribution in [0.15, 0.2) is 49.1 Å². The SMILES string of the molecule is C=CCc1cccc2ccc(O)cc12. The molecule has 14 heavy (non-hydrogen) atoms. The second-order valence-electron chi connectivity index (χ2n) is 3.32. The third-order valence-electron chi connectivity index (χ3n) is 2.32. The number of hydrogen-bond donors (Lipinski definition) is 1. The monoisotopic (exact) mass is 184 g/mol. The van der Waals surface area contributed by atoms with E-state index in [9.17, 15) is 5.11 Å². The van der Waals surface area contributed by atoms with Crippen molar-refractivity contribution in [3.8, 4) is 5.75 Å². The number of aromatic hydroxyl groups is 1. The zero-order valence-corrected chi connectivity index (χ0v) is 7.90. The molecular formula is C13H12O. The molecule has 0 atom stereocenters. The van der Waals surface area contributed by atoms with Gasteiger partial charge in [0.2, 0.25) is 0 Å². The lowest BCUT2D eigenvalue weighted by atomic mass is 10.0. The summed E-state index contributed by atoms with van der Waals surface area (Å²) >= 11 is 0. The summed E-state index contributed by atoms with van der Waals surface area (Å²) < 4.78 is 0. The average Bonchev–Trinajstić information content (AvgIpc) is 2.19. The van der Waals surface area contributed by atoms with Crippen LogP contribution < -0.4 is 0 Å². The maximum absolute atomic E-state index is 9.40. The second-order valence-corrected chi connectivity index (χ2v) is 3.32. The van der Waals surface area contributed by atoms with Gasteiger partial charge in [-0.15, -0.1) is 6.58 Å². The van der Waals surface area contributed by atoms with Gasteiger partial charge in [0, 0.05) is 0 Å². The molecule has 1 N–H and O–H groups in total. The highest BCUT2D eigenvalue weighted by Crippen LogP contribution is 2.23. The van der Waals surface area contributed by atoms with Crippen molar-refractivity contribution in [1.82, 2.24) is 0 Å². The Balaban J connectivity index is 2.70. The van der Waals surface area contributed by atoms with Crippen LogP contribution in [-0.4, -0.2) is 5.11 Å². The first-order valence-corrected chi connectivity index (χ1v) is 4.63. The normalized spacial score (nSPS) is 10.3. The van der Waals surface area contributed by atoms with Crippen LogP contribution >= 0.6 is 0 Å². The van der Waals surface area contributed by atoms with Gasteiger partial charge in [-0.1, -0.05) is 30.3 Å². The van der Waals surface area contributed by atoms with Crippen LogP contribution in [0.3, 0.4) is 0 Å². The van der Waals surface area contributed by atoms with Crippen LogP contribution in [0.25, 0.3) is 10.8 Å². The molecule has 0 saturated carbocycles. The van der Waals surface area contributed by atoms with Gasteiger partial charge in [-0.05, 0) is 34.9 Å². The van der Waals surface area contributed by atoms with E-state index in [1.165, 1.54) is 5.56 Å². The first-order valence-electron chi connectivity index (χ1n) is 4.63. The lowest BCUT2D eigenvalue weighted by Crippen LogP contribution is -1.83. The molecule has 0 spiro atoms. The third-order valence-corrected chi connectivity index (χ3v) is 2.32. The number of fused-ring (bicyclic) bond motifs is 1. The Kier molecular flexibility index (Phi) is 2.23. The molecule has 0 aromatic heterocycles. The van der Waals surface area contributed by atoms with Crippen LogP contribution in [0, 0.1) is 0 Å². The highest BCUT2D eigenvalue weighted by atomic mass is 16.3. The summed E-state index contributed by atoms with van der Waals surface area (Å²) in [5.41, 5.74) is 1.20. The molecule has 1 heteroatoms. The van der Waals surface area contributed by atoms with Gasteiger partial charge in [-0.25, -0.2) is 0 Å². The van der Waals surface area contributed by atoms with Gasteiger partial charge in [0.05, 0.1) is 0 Å². The van der Waals surface area contributed by atoms with Gasteiger partial charge in [-0.2, -0.15) is 0 Å². The molecule has 0 bridgehead atoms. The summed E-state index contributed by atoms with van der Waals surface area (Å²) in [6.45, 7) is 3.72. The lowest BCUT2D eigenvalue weighted by molar-refractivity contribution is 0.476. The van der Waals surface area contributed by atoms with Crippen molar-refractivity contribution in [1.29, 1.82) is 0 Å². The quantitative estimate of drug-likeness (QED) is 0.710. The summed E-state index contributed by atoms with van der Waals surface area (Å²) in [7, 11) is 0. The minimum Gasteiger partial charge on any atom is -0.508 e. The van der Waals surface area contributed by atoms with Gasteiger partial charge >= 0.3 is 0 Å². The molecule has 2 aromatic rings. The summed E-state index contributed by atoms with van der Waals surface area (Å²) in [4.78, 5) is 0. The topological polar surface area (TPSA) is 20.2 Å². The summed E-state index contributed by atoms with van der Waals surface area (Å²) in [6.07, 6.45) is 2.71. The molecule has 0 radical (unpaired) electrons. The summed E-state index contributed by atoms with van der Waals surface area (Å²) in [5.74, 6) is 0.314. The minimum absolute atomic E-state index is 0.314. The average molecular weight is 184 g/mol. The van der Waals surface area contributed by atoms with Gasteiger partial charge in [0.1, 0.15) is 5.75 Å². The Morgan fingerprint density at radius 2 is 2.07 bits per heavy atom. The fourth-order valence-electron chi connectivity index (χ4n) is 1.66. The van der Waals surface area contributed by atoms with E-state index in [2.05, 4.69) is 12.6 Å². The molecule has 70 valence electrons. The Bertz CT molecular complexity index is 472. The van der Waals surface area contributed by atoms with Gasteiger partial charge < -0.3 is 5.11 Å². The van der Waals surface area contributed by atoms with E-state index < -0.39 is 0 Å². The van der Waals surface area contributed by atoms with Crippen molar-refractivity contribution in [2.45, 2.75) is 6.42 Å². The standard InChI is InChI=1S/C13H12O/c1-2-4-10-5-3-6-11-7-8-12(14)9-13(10)11/h2-3,5-9,14H,1,4H2. The number of phenols is 1. The van der Waals surface area contributed by atoms with E-state index >= 15 is 0 Å². The van der Waals surface area contributed by atoms with Crippen LogP contribution in [0.5, 0.6) is 5.75 Å². The molecule has 0 aliphatic rings. The molecule has 0 amide bonds. The Morgan fingerprint density at radius 1 is 1.21 bits per heavy atom.